The Morgan fingerprint density at radius 2 is 1.73 bits per heavy atom. The fraction of sp³-hybridized carbons (Fsp3) is 0.143. The van der Waals surface area contributed by atoms with Crippen molar-refractivity contribution < 1.29 is 9.29 Å². The van der Waals surface area contributed by atoms with Crippen molar-refractivity contribution in [1.82, 2.24) is 0 Å². The predicted octanol–water partition coefficient (Wildman–Crippen LogP) is 5.07. The van der Waals surface area contributed by atoms with Gasteiger partial charge in [0.05, 0.1) is 18.1 Å². The molecular weight excluding hydrogens is 366 g/mol. The SMILES string of the molecule is CN1c2ccccc2C(Cl)c2ccc(OCc3ccccc3)cc2[S+]1[O-]. The Kier molecular flexibility index (Phi) is 4.81. The van der Waals surface area contributed by atoms with Gasteiger partial charge in [-0.05, 0) is 23.8 Å². The van der Waals surface area contributed by atoms with Crippen LogP contribution in [0.1, 0.15) is 22.1 Å². The summed E-state index contributed by atoms with van der Waals surface area (Å²) < 4.78 is 20.8. The van der Waals surface area contributed by atoms with Gasteiger partial charge in [0.15, 0.2) is 4.90 Å². The monoisotopic (exact) mass is 383 g/mol. The Morgan fingerprint density at radius 3 is 2.54 bits per heavy atom. The first-order valence-corrected chi connectivity index (χ1v) is 9.89. The first-order valence-electron chi connectivity index (χ1n) is 8.34. The Bertz CT molecular complexity index is 919. The minimum atomic E-state index is -1.35. The summed E-state index contributed by atoms with van der Waals surface area (Å²) in [6.45, 7) is 0.465. The highest BCUT2D eigenvalue weighted by Crippen LogP contribution is 2.44. The Hall–Kier alpha value is -2.14. The number of hydrogen-bond donors (Lipinski definition) is 0. The van der Waals surface area contributed by atoms with E-state index in [4.69, 9.17) is 16.3 Å². The van der Waals surface area contributed by atoms with Crippen LogP contribution in [0.25, 0.3) is 0 Å². The molecule has 26 heavy (non-hydrogen) atoms. The molecule has 3 nitrogen and oxygen atoms in total. The maximum absolute atomic E-state index is 13.1. The largest absolute Gasteiger partial charge is 0.588 e. The van der Waals surface area contributed by atoms with Gasteiger partial charge in [-0.25, -0.2) is 0 Å². The summed E-state index contributed by atoms with van der Waals surface area (Å²) in [5, 5.41) is -0.349. The van der Waals surface area contributed by atoms with Gasteiger partial charge in [-0.2, -0.15) is 4.31 Å². The number of alkyl halides is 1. The Labute approximate surface area is 161 Å². The van der Waals surface area contributed by atoms with Crippen LogP contribution in [0.15, 0.2) is 77.7 Å². The van der Waals surface area contributed by atoms with Crippen LogP contribution in [0.5, 0.6) is 5.75 Å². The summed E-state index contributed by atoms with van der Waals surface area (Å²) in [6.07, 6.45) is 0. The molecule has 0 spiro atoms. The zero-order valence-corrected chi connectivity index (χ0v) is 15.8. The molecule has 2 atom stereocenters. The first-order chi connectivity index (χ1) is 12.6. The van der Waals surface area contributed by atoms with Crippen molar-refractivity contribution in [2.75, 3.05) is 11.4 Å². The highest BCUT2D eigenvalue weighted by molar-refractivity contribution is 7.92. The van der Waals surface area contributed by atoms with Gasteiger partial charge in [0, 0.05) is 17.2 Å². The summed E-state index contributed by atoms with van der Waals surface area (Å²) in [7, 11) is 1.82. The molecule has 0 radical (unpaired) electrons. The summed E-state index contributed by atoms with van der Waals surface area (Å²) in [6, 6.07) is 23.4. The third kappa shape index (κ3) is 3.16. The lowest BCUT2D eigenvalue weighted by atomic mass is 10.0. The molecule has 0 saturated carbocycles. The van der Waals surface area contributed by atoms with E-state index in [1.165, 1.54) is 0 Å². The highest BCUT2D eigenvalue weighted by Gasteiger charge is 2.34. The number of para-hydroxylation sites is 1. The molecule has 1 aliphatic rings. The number of benzene rings is 3. The van der Waals surface area contributed by atoms with Crippen molar-refractivity contribution in [3.05, 3.63) is 89.5 Å². The quantitative estimate of drug-likeness (QED) is 0.468. The second-order valence-corrected chi connectivity index (χ2v) is 8.06. The average Bonchev–Trinajstić information content (AvgIpc) is 2.77. The van der Waals surface area contributed by atoms with Gasteiger partial charge in [-0.3, -0.25) is 0 Å². The minimum absolute atomic E-state index is 0.349. The number of anilines is 1. The number of rotatable bonds is 3. The molecule has 0 bridgehead atoms. The van der Waals surface area contributed by atoms with Crippen LogP contribution in [0.2, 0.25) is 0 Å². The maximum Gasteiger partial charge on any atom is 0.188 e. The zero-order chi connectivity index (χ0) is 18.1. The van der Waals surface area contributed by atoms with Crippen molar-refractivity contribution in [2.45, 2.75) is 16.9 Å². The van der Waals surface area contributed by atoms with Crippen molar-refractivity contribution >= 4 is 28.7 Å². The lowest BCUT2D eigenvalue weighted by Crippen LogP contribution is -2.26. The van der Waals surface area contributed by atoms with Gasteiger partial charge in [0.25, 0.3) is 0 Å². The predicted molar refractivity (Wildman–Crippen MR) is 106 cm³/mol. The number of nitrogens with zero attached hydrogens (tertiary/aromatic N) is 1. The third-order valence-electron chi connectivity index (χ3n) is 4.49. The molecule has 0 N–H and O–H groups in total. The molecule has 5 heteroatoms. The van der Waals surface area contributed by atoms with Gasteiger partial charge in [-0.15, -0.1) is 11.6 Å². The van der Waals surface area contributed by atoms with E-state index in [2.05, 4.69) is 0 Å². The van der Waals surface area contributed by atoms with Crippen LogP contribution in [-0.2, 0) is 18.0 Å². The number of halogens is 1. The van der Waals surface area contributed by atoms with Crippen LogP contribution < -0.4 is 9.04 Å². The second kappa shape index (κ2) is 7.23. The van der Waals surface area contributed by atoms with E-state index in [0.29, 0.717) is 17.3 Å². The van der Waals surface area contributed by atoms with Crippen molar-refractivity contribution in [3.63, 3.8) is 0 Å². The highest BCUT2D eigenvalue weighted by atomic mass is 35.5. The number of ether oxygens (including phenoxy) is 1. The van der Waals surface area contributed by atoms with Gasteiger partial charge >= 0.3 is 0 Å². The van der Waals surface area contributed by atoms with Crippen molar-refractivity contribution in [1.29, 1.82) is 0 Å². The molecule has 1 aliphatic heterocycles. The van der Waals surface area contributed by atoms with Crippen LogP contribution in [0, 0.1) is 0 Å². The van der Waals surface area contributed by atoms with E-state index in [1.54, 1.807) is 4.31 Å². The standard InChI is InChI=1S/C21H18ClNO2S/c1-23-19-10-6-5-9-17(19)21(22)18-12-11-16(13-20(18)26(23)24)25-14-15-7-3-2-4-8-15/h2-13,21H,14H2,1H3. The molecule has 1 heterocycles. The third-order valence-corrected chi connectivity index (χ3v) is 6.39. The average molecular weight is 384 g/mol. The van der Waals surface area contributed by atoms with E-state index < -0.39 is 11.4 Å². The summed E-state index contributed by atoms with van der Waals surface area (Å²) >= 11 is 5.39. The number of fused-ring (bicyclic) bond motifs is 2. The Balaban J connectivity index is 1.67. The lowest BCUT2D eigenvalue weighted by Gasteiger charge is -2.21. The molecule has 3 aromatic carbocycles. The van der Waals surface area contributed by atoms with Crippen LogP contribution >= 0.6 is 11.6 Å². The lowest BCUT2D eigenvalue weighted by molar-refractivity contribution is 0.305. The fourth-order valence-corrected chi connectivity index (χ4v) is 4.78. The summed E-state index contributed by atoms with van der Waals surface area (Å²) in [4.78, 5) is 0.689. The molecule has 4 rings (SSSR count). The van der Waals surface area contributed by atoms with E-state index in [9.17, 15) is 4.55 Å². The maximum atomic E-state index is 13.1. The topological polar surface area (TPSA) is 35.5 Å². The van der Waals surface area contributed by atoms with Gasteiger partial charge in [0.1, 0.15) is 23.7 Å². The number of hydrogen-bond acceptors (Lipinski definition) is 3. The minimum Gasteiger partial charge on any atom is -0.588 e. The summed E-state index contributed by atoms with van der Waals surface area (Å²) in [5.74, 6) is 0.684. The molecule has 2 unspecified atom stereocenters. The molecular formula is C21H18ClNO2S. The van der Waals surface area contributed by atoms with Gasteiger partial charge < -0.3 is 9.29 Å². The van der Waals surface area contributed by atoms with E-state index in [1.807, 2.05) is 79.8 Å². The molecule has 0 amide bonds. The zero-order valence-electron chi connectivity index (χ0n) is 14.3. The van der Waals surface area contributed by atoms with E-state index in [0.717, 1.165) is 22.4 Å². The van der Waals surface area contributed by atoms with Crippen molar-refractivity contribution in [2.24, 2.45) is 0 Å². The molecule has 132 valence electrons. The van der Waals surface area contributed by atoms with Gasteiger partial charge in [0.2, 0.25) is 0 Å². The summed E-state index contributed by atoms with van der Waals surface area (Å²) in [5.41, 5.74) is 3.78. The van der Waals surface area contributed by atoms with Crippen LogP contribution in [0.4, 0.5) is 5.69 Å². The molecule has 0 aromatic heterocycles. The van der Waals surface area contributed by atoms with Crippen molar-refractivity contribution in [3.8, 4) is 5.75 Å². The Morgan fingerprint density at radius 1 is 1.00 bits per heavy atom. The molecule has 0 saturated heterocycles. The van der Waals surface area contributed by atoms with Crippen LogP contribution in [0.3, 0.4) is 0 Å². The van der Waals surface area contributed by atoms with E-state index >= 15 is 0 Å². The fourth-order valence-electron chi connectivity index (χ4n) is 3.10. The molecule has 3 aromatic rings. The van der Waals surface area contributed by atoms with Gasteiger partial charge in [-0.1, -0.05) is 48.5 Å². The smallest absolute Gasteiger partial charge is 0.188 e. The second-order valence-electron chi connectivity index (χ2n) is 6.14. The van der Waals surface area contributed by atoms with Crippen LogP contribution in [-0.4, -0.2) is 11.6 Å². The normalized spacial score (nSPS) is 18.7. The van der Waals surface area contributed by atoms with E-state index in [-0.39, 0.29) is 5.38 Å². The first kappa shape index (κ1) is 17.3. The molecule has 0 fully saturated rings. The molecule has 0 aliphatic carbocycles.